The number of amides is 1. The Hall–Kier alpha value is -2.29. The minimum Gasteiger partial charge on any atom is -0.372 e. The number of rotatable bonds is 5. The average molecular weight is 282 g/mol. The lowest BCUT2D eigenvalue weighted by atomic mass is 10.1. The van der Waals surface area contributed by atoms with Gasteiger partial charge in [0.15, 0.2) is 0 Å². The van der Waals surface area contributed by atoms with Gasteiger partial charge in [-0.15, -0.1) is 0 Å². The van der Waals surface area contributed by atoms with Gasteiger partial charge in [0.05, 0.1) is 0 Å². The molecule has 110 valence electrons. The maximum atomic E-state index is 12.2. The maximum Gasteiger partial charge on any atom is 0.255 e. The van der Waals surface area contributed by atoms with Gasteiger partial charge in [-0.05, 0) is 56.7 Å². The molecule has 2 aromatic carbocycles. The van der Waals surface area contributed by atoms with E-state index in [0.717, 1.165) is 24.3 Å². The molecule has 0 aromatic heterocycles. The van der Waals surface area contributed by atoms with Crippen molar-refractivity contribution < 1.29 is 4.79 Å². The first kappa shape index (κ1) is 15.1. The summed E-state index contributed by atoms with van der Waals surface area (Å²) in [7, 11) is 0. The van der Waals surface area contributed by atoms with Crippen molar-refractivity contribution in [3.05, 3.63) is 59.7 Å². The number of hydrogen-bond acceptors (Lipinski definition) is 2. The first-order valence-electron chi connectivity index (χ1n) is 7.37. The van der Waals surface area contributed by atoms with Crippen LogP contribution >= 0.6 is 0 Å². The molecule has 2 rings (SSSR count). The second-order valence-corrected chi connectivity index (χ2v) is 4.99. The van der Waals surface area contributed by atoms with E-state index in [1.165, 1.54) is 5.69 Å². The highest BCUT2D eigenvalue weighted by Crippen LogP contribution is 2.18. The van der Waals surface area contributed by atoms with Gasteiger partial charge in [-0.25, -0.2) is 0 Å². The zero-order valence-electron chi connectivity index (χ0n) is 12.9. The molecule has 0 aliphatic heterocycles. The minimum absolute atomic E-state index is 0.0660. The second kappa shape index (κ2) is 6.93. The normalized spacial score (nSPS) is 10.2. The molecule has 0 radical (unpaired) electrons. The summed E-state index contributed by atoms with van der Waals surface area (Å²) in [5.41, 5.74) is 3.69. The molecule has 2 aromatic rings. The van der Waals surface area contributed by atoms with Crippen LogP contribution < -0.4 is 10.2 Å². The van der Waals surface area contributed by atoms with Crippen LogP contribution in [0.1, 0.15) is 29.8 Å². The van der Waals surface area contributed by atoms with E-state index in [-0.39, 0.29) is 5.91 Å². The van der Waals surface area contributed by atoms with Crippen LogP contribution in [0.25, 0.3) is 0 Å². The summed E-state index contributed by atoms with van der Waals surface area (Å²) in [6, 6.07) is 15.6. The van der Waals surface area contributed by atoms with Crippen molar-refractivity contribution in [1.29, 1.82) is 0 Å². The lowest BCUT2D eigenvalue weighted by molar-refractivity contribution is 0.102. The zero-order chi connectivity index (χ0) is 15.2. The van der Waals surface area contributed by atoms with Crippen LogP contribution in [-0.2, 0) is 0 Å². The van der Waals surface area contributed by atoms with Gasteiger partial charge in [-0.3, -0.25) is 4.79 Å². The molecule has 0 aliphatic carbocycles. The third-order valence-electron chi connectivity index (χ3n) is 3.64. The van der Waals surface area contributed by atoms with Crippen molar-refractivity contribution in [2.24, 2.45) is 0 Å². The lowest BCUT2D eigenvalue weighted by Crippen LogP contribution is -2.21. The molecule has 0 spiro atoms. The highest BCUT2D eigenvalue weighted by Gasteiger charge is 2.08. The molecule has 3 heteroatoms. The van der Waals surface area contributed by atoms with E-state index in [0.29, 0.717) is 5.56 Å². The van der Waals surface area contributed by atoms with E-state index >= 15 is 0 Å². The molecule has 0 bridgehead atoms. The number of benzene rings is 2. The summed E-state index contributed by atoms with van der Waals surface area (Å²) in [5.74, 6) is -0.0660. The highest BCUT2D eigenvalue weighted by atomic mass is 16.1. The predicted molar refractivity (Wildman–Crippen MR) is 89.1 cm³/mol. The molecular weight excluding hydrogens is 260 g/mol. The van der Waals surface area contributed by atoms with Crippen molar-refractivity contribution in [2.45, 2.75) is 20.8 Å². The molecule has 0 saturated carbocycles. The van der Waals surface area contributed by atoms with Gasteiger partial charge in [0.1, 0.15) is 0 Å². The Morgan fingerprint density at radius 2 is 1.62 bits per heavy atom. The van der Waals surface area contributed by atoms with Gasteiger partial charge in [-0.1, -0.05) is 18.2 Å². The second-order valence-electron chi connectivity index (χ2n) is 4.99. The van der Waals surface area contributed by atoms with Crippen LogP contribution in [0.15, 0.2) is 48.5 Å². The summed E-state index contributed by atoms with van der Waals surface area (Å²) in [4.78, 5) is 14.5. The fraction of sp³-hybridized carbons (Fsp3) is 0.278. The van der Waals surface area contributed by atoms with E-state index in [1.54, 1.807) is 0 Å². The smallest absolute Gasteiger partial charge is 0.255 e. The van der Waals surface area contributed by atoms with Crippen molar-refractivity contribution in [1.82, 2.24) is 0 Å². The quantitative estimate of drug-likeness (QED) is 0.895. The Kier molecular flexibility index (Phi) is 4.99. The van der Waals surface area contributed by atoms with Gasteiger partial charge in [0, 0.05) is 30.0 Å². The predicted octanol–water partition coefficient (Wildman–Crippen LogP) is 4.09. The lowest BCUT2D eigenvalue weighted by Gasteiger charge is -2.21. The monoisotopic (exact) mass is 282 g/mol. The third kappa shape index (κ3) is 3.63. The minimum atomic E-state index is -0.0660. The summed E-state index contributed by atoms with van der Waals surface area (Å²) in [6.07, 6.45) is 0. The SMILES string of the molecule is CCN(CC)c1ccc(NC(=O)c2ccccc2C)cc1. The van der Waals surface area contributed by atoms with Crippen LogP contribution in [-0.4, -0.2) is 19.0 Å². The summed E-state index contributed by atoms with van der Waals surface area (Å²) >= 11 is 0. The van der Waals surface area contributed by atoms with Gasteiger partial charge >= 0.3 is 0 Å². The van der Waals surface area contributed by atoms with Crippen LogP contribution in [0.5, 0.6) is 0 Å². The molecule has 1 N–H and O–H groups in total. The largest absolute Gasteiger partial charge is 0.372 e. The average Bonchev–Trinajstić information content (AvgIpc) is 2.50. The zero-order valence-corrected chi connectivity index (χ0v) is 12.9. The van der Waals surface area contributed by atoms with Crippen LogP contribution in [0.2, 0.25) is 0 Å². The molecule has 21 heavy (non-hydrogen) atoms. The maximum absolute atomic E-state index is 12.2. The van der Waals surface area contributed by atoms with Gasteiger partial charge < -0.3 is 10.2 Å². The number of anilines is 2. The van der Waals surface area contributed by atoms with Gasteiger partial charge in [-0.2, -0.15) is 0 Å². The molecule has 0 unspecified atom stereocenters. The Balaban J connectivity index is 2.10. The number of nitrogens with one attached hydrogen (secondary N) is 1. The summed E-state index contributed by atoms with van der Waals surface area (Å²) in [5, 5.41) is 2.94. The first-order chi connectivity index (χ1) is 10.2. The Bertz CT molecular complexity index is 601. The van der Waals surface area contributed by atoms with Crippen molar-refractivity contribution in [3.8, 4) is 0 Å². The molecule has 0 saturated heterocycles. The van der Waals surface area contributed by atoms with Gasteiger partial charge in [0.2, 0.25) is 0 Å². The third-order valence-corrected chi connectivity index (χ3v) is 3.64. The number of carbonyl (C=O) groups excluding carboxylic acids is 1. The molecular formula is C18H22N2O. The van der Waals surface area contributed by atoms with E-state index in [2.05, 4.69) is 24.1 Å². The Labute approximate surface area is 126 Å². The molecule has 3 nitrogen and oxygen atoms in total. The molecule has 1 amide bonds. The fourth-order valence-corrected chi connectivity index (χ4v) is 2.37. The van der Waals surface area contributed by atoms with E-state index in [4.69, 9.17) is 0 Å². The number of nitrogens with zero attached hydrogens (tertiary/aromatic N) is 1. The van der Waals surface area contributed by atoms with Crippen molar-refractivity contribution in [3.63, 3.8) is 0 Å². The molecule has 0 aliphatic rings. The number of carbonyl (C=O) groups is 1. The van der Waals surface area contributed by atoms with Crippen LogP contribution in [0.3, 0.4) is 0 Å². The van der Waals surface area contributed by atoms with Gasteiger partial charge in [0.25, 0.3) is 5.91 Å². The summed E-state index contributed by atoms with van der Waals surface area (Å²) in [6.45, 7) is 8.17. The number of aryl methyl sites for hydroxylation is 1. The first-order valence-corrected chi connectivity index (χ1v) is 7.37. The molecule has 0 atom stereocenters. The van der Waals surface area contributed by atoms with E-state index < -0.39 is 0 Å². The van der Waals surface area contributed by atoms with E-state index in [9.17, 15) is 4.79 Å². The van der Waals surface area contributed by atoms with Crippen molar-refractivity contribution in [2.75, 3.05) is 23.3 Å². The van der Waals surface area contributed by atoms with Crippen LogP contribution in [0.4, 0.5) is 11.4 Å². The number of hydrogen-bond donors (Lipinski definition) is 1. The standard InChI is InChI=1S/C18H22N2O/c1-4-20(5-2)16-12-10-15(11-13-16)19-18(21)17-9-7-6-8-14(17)3/h6-13H,4-5H2,1-3H3,(H,19,21). The topological polar surface area (TPSA) is 32.3 Å². The highest BCUT2D eigenvalue weighted by molar-refractivity contribution is 6.05. The molecule has 0 fully saturated rings. The van der Waals surface area contributed by atoms with Crippen LogP contribution in [0, 0.1) is 6.92 Å². The summed E-state index contributed by atoms with van der Waals surface area (Å²) < 4.78 is 0. The Morgan fingerprint density at radius 1 is 1.00 bits per heavy atom. The fourth-order valence-electron chi connectivity index (χ4n) is 2.37. The molecule has 0 heterocycles. The van der Waals surface area contributed by atoms with Crippen molar-refractivity contribution >= 4 is 17.3 Å². The Morgan fingerprint density at radius 3 is 2.19 bits per heavy atom. The van der Waals surface area contributed by atoms with E-state index in [1.807, 2.05) is 55.5 Å².